The van der Waals surface area contributed by atoms with Crippen LogP contribution in [0.15, 0.2) is 18.2 Å². The van der Waals surface area contributed by atoms with Crippen molar-refractivity contribution in [2.24, 2.45) is 11.7 Å². The van der Waals surface area contributed by atoms with E-state index in [0.29, 0.717) is 6.61 Å². The second kappa shape index (κ2) is 7.73. The van der Waals surface area contributed by atoms with Gasteiger partial charge in [-0.3, -0.25) is 0 Å². The molecule has 0 aliphatic heterocycles. The van der Waals surface area contributed by atoms with E-state index < -0.39 is 0 Å². The fourth-order valence-corrected chi connectivity index (χ4v) is 2.03. The van der Waals surface area contributed by atoms with E-state index in [1.807, 2.05) is 6.92 Å². The maximum Gasteiger partial charge on any atom is 0.122 e. The van der Waals surface area contributed by atoms with Gasteiger partial charge in [0, 0.05) is 13.2 Å². The minimum atomic E-state index is 0. The molecule has 0 amide bonds. The van der Waals surface area contributed by atoms with Crippen molar-refractivity contribution in [2.45, 2.75) is 38.8 Å². The molecule has 1 fully saturated rings. The summed E-state index contributed by atoms with van der Waals surface area (Å²) in [6, 6.07) is 6.41. The van der Waals surface area contributed by atoms with Gasteiger partial charge in [0.1, 0.15) is 5.75 Å². The number of nitrogens with two attached hydrogens (primary N) is 1. The van der Waals surface area contributed by atoms with Crippen LogP contribution in [0.4, 0.5) is 0 Å². The van der Waals surface area contributed by atoms with Crippen LogP contribution in [-0.2, 0) is 17.8 Å². The third-order valence-corrected chi connectivity index (χ3v) is 3.15. The smallest absolute Gasteiger partial charge is 0.122 e. The van der Waals surface area contributed by atoms with Crippen molar-refractivity contribution in [3.8, 4) is 5.75 Å². The van der Waals surface area contributed by atoms with Crippen molar-refractivity contribution < 1.29 is 9.47 Å². The summed E-state index contributed by atoms with van der Waals surface area (Å²) >= 11 is 0. The van der Waals surface area contributed by atoms with E-state index in [2.05, 4.69) is 18.2 Å². The first-order valence-electron chi connectivity index (χ1n) is 6.68. The Bertz CT molecular complexity index is 392. The second-order valence-corrected chi connectivity index (χ2v) is 5.31. The Morgan fingerprint density at radius 1 is 1.37 bits per heavy atom. The summed E-state index contributed by atoms with van der Waals surface area (Å²) in [6.45, 7) is 3.50. The monoisotopic (exact) mass is 285 g/mol. The van der Waals surface area contributed by atoms with Crippen LogP contribution in [-0.4, -0.2) is 19.8 Å². The van der Waals surface area contributed by atoms with E-state index in [9.17, 15) is 0 Å². The van der Waals surface area contributed by atoms with Crippen molar-refractivity contribution >= 4 is 12.4 Å². The van der Waals surface area contributed by atoms with Crippen molar-refractivity contribution in [3.63, 3.8) is 0 Å². The van der Waals surface area contributed by atoms with Gasteiger partial charge in [-0.25, -0.2) is 0 Å². The first-order valence-corrected chi connectivity index (χ1v) is 6.68. The fourth-order valence-electron chi connectivity index (χ4n) is 2.03. The summed E-state index contributed by atoms with van der Waals surface area (Å²) in [7, 11) is 1.71. The lowest BCUT2D eigenvalue weighted by molar-refractivity contribution is 0.184. The molecule has 2 N–H and O–H groups in total. The van der Waals surface area contributed by atoms with Crippen molar-refractivity contribution in [1.82, 2.24) is 0 Å². The standard InChI is InChI=1S/C15H23NO2.ClH/c1-11(16)7-14-8-13(9-17-2)5-6-15(14)18-10-12-3-4-12;/h5-6,8,11-12H,3-4,7,9-10,16H2,1-2H3;1H. The van der Waals surface area contributed by atoms with Gasteiger partial charge < -0.3 is 15.2 Å². The number of methoxy groups -OCH3 is 1. The van der Waals surface area contributed by atoms with Gasteiger partial charge in [-0.1, -0.05) is 6.07 Å². The molecular weight excluding hydrogens is 262 g/mol. The quantitative estimate of drug-likeness (QED) is 0.838. The molecule has 19 heavy (non-hydrogen) atoms. The molecule has 1 aliphatic rings. The Hall–Kier alpha value is -0.770. The molecule has 0 spiro atoms. The zero-order valence-corrected chi connectivity index (χ0v) is 12.5. The first kappa shape index (κ1) is 16.3. The number of ether oxygens (including phenoxy) is 2. The molecule has 0 heterocycles. The summed E-state index contributed by atoms with van der Waals surface area (Å²) in [4.78, 5) is 0. The predicted molar refractivity (Wildman–Crippen MR) is 80.0 cm³/mol. The molecule has 1 aromatic carbocycles. The average Bonchev–Trinajstić information content (AvgIpc) is 3.11. The van der Waals surface area contributed by atoms with Crippen LogP contribution in [0.5, 0.6) is 5.75 Å². The number of hydrogen-bond acceptors (Lipinski definition) is 3. The van der Waals surface area contributed by atoms with E-state index in [0.717, 1.165) is 24.7 Å². The van der Waals surface area contributed by atoms with Crippen molar-refractivity contribution in [1.29, 1.82) is 0 Å². The number of hydrogen-bond donors (Lipinski definition) is 1. The lowest BCUT2D eigenvalue weighted by Crippen LogP contribution is -2.18. The molecule has 1 saturated carbocycles. The van der Waals surface area contributed by atoms with Crippen molar-refractivity contribution in [3.05, 3.63) is 29.3 Å². The molecule has 2 rings (SSSR count). The van der Waals surface area contributed by atoms with Gasteiger partial charge in [-0.05, 0) is 55.4 Å². The van der Waals surface area contributed by atoms with Crippen LogP contribution in [0.2, 0.25) is 0 Å². The molecule has 0 radical (unpaired) electrons. The van der Waals surface area contributed by atoms with Gasteiger partial charge in [0.2, 0.25) is 0 Å². The molecule has 0 aromatic heterocycles. The minimum Gasteiger partial charge on any atom is -0.493 e. The molecule has 1 atom stereocenters. The van der Waals surface area contributed by atoms with Gasteiger partial charge in [-0.2, -0.15) is 0 Å². The average molecular weight is 286 g/mol. The Kier molecular flexibility index (Phi) is 6.63. The van der Waals surface area contributed by atoms with E-state index in [4.69, 9.17) is 15.2 Å². The van der Waals surface area contributed by atoms with Crippen LogP contribution in [0, 0.1) is 5.92 Å². The highest BCUT2D eigenvalue weighted by Crippen LogP contribution is 2.31. The second-order valence-electron chi connectivity index (χ2n) is 5.31. The Balaban J connectivity index is 0.00000180. The summed E-state index contributed by atoms with van der Waals surface area (Å²) in [5.41, 5.74) is 8.27. The Morgan fingerprint density at radius 3 is 2.68 bits per heavy atom. The van der Waals surface area contributed by atoms with E-state index in [1.54, 1.807) is 7.11 Å². The topological polar surface area (TPSA) is 44.5 Å². The molecule has 0 bridgehead atoms. The van der Waals surface area contributed by atoms with Gasteiger partial charge in [0.25, 0.3) is 0 Å². The van der Waals surface area contributed by atoms with Crippen LogP contribution >= 0.6 is 12.4 Å². The van der Waals surface area contributed by atoms with Crippen LogP contribution in [0.1, 0.15) is 30.9 Å². The van der Waals surface area contributed by atoms with Gasteiger partial charge >= 0.3 is 0 Å². The maximum absolute atomic E-state index is 5.90. The summed E-state index contributed by atoms with van der Waals surface area (Å²) < 4.78 is 11.1. The minimum absolute atomic E-state index is 0. The van der Waals surface area contributed by atoms with Crippen LogP contribution < -0.4 is 10.5 Å². The number of halogens is 1. The molecule has 108 valence electrons. The zero-order chi connectivity index (χ0) is 13.0. The Morgan fingerprint density at radius 2 is 2.11 bits per heavy atom. The molecule has 4 heteroatoms. The Labute approximate surface area is 121 Å². The molecule has 0 saturated heterocycles. The van der Waals surface area contributed by atoms with Gasteiger partial charge in [0.05, 0.1) is 13.2 Å². The summed E-state index contributed by atoms with van der Waals surface area (Å²) in [5.74, 6) is 1.76. The first-order chi connectivity index (χ1) is 8.69. The normalized spacial score (nSPS) is 15.7. The van der Waals surface area contributed by atoms with Crippen LogP contribution in [0.3, 0.4) is 0 Å². The summed E-state index contributed by atoms with van der Waals surface area (Å²) in [6.07, 6.45) is 3.46. The zero-order valence-electron chi connectivity index (χ0n) is 11.7. The third-order valence-electron chi connectivity index (χ3n) is 3.15. The van der Waals surface area contributed by atoms with E-state index >= 15 is 0 Å². The lowest BCUT2D eigenvalue weighted by atomic mass is 10.0. The van der Waals surface area contributed by atoms with E-state index in [-0.39, 0.29) is 18.4 Å². The highest BCUT2D eigenvalue weighted by Gasteiger charge is 2.22. The molecule has 1 aliphatic carbocycles. The number of benzene rings is 1. The summed E-state index contributed by atoms with van der Waals surface area (Å²) in [5, 5.41) is 0. The van der Waals surface area contributed by atoms with Gasteiger partial charge in [0.15, 0.2) is 0 Å². The highest BCUT2D eigenvalue weighted by atomic mass is 35.5. The van der Waals surface area contributed by atoms with E-state index in [1.165, 1.54) is 24.0 Å². The number of rotatable bonds is 7. The lowest BCUT2D eigenvalue weighted by Gasteiger charge is -2.14. The van der Waals surface area contributed by atoms with Crippen LogP contribution in [0.25, 0.3) is 0 Å². The predicted octanol–water partition coefficient (Wildman–Crippen LogP) is 2.93. The highest BCUT2D eigenvalue weighted by molar-refractivity contribution is 5.85. The fraction of sp³-hybridized carbons (Fsp3) is 0.600. The third kappa shape index (κ3) is 5.39. The largest absolute Gasteiger partial charge is 0.493 e. The van der Waals surface area contributed by atoms with Gasteiger partial charge in [-0.15, -0.1) is 12.4 Å². The SMILES string of the molecule is COCc1ccc(OCC2CC2)c(CC(C)N)c1.Cl. The maximum atomic E-state index is 5.90. The molecular formula is C15H24ClNO2. The molecule has 1 aromatic rings. The molecule has 3 nitrogen and oxygen atoms in total. The molecule has 1 unspecified atom stereocenters. The van der Waals surface area contributed by atoms with Crippen molar-refractivity contribution in [2.75, 3.05) is 13.7 Å².